The summed E-state index contributed by atoms with van der Waals surface area (Å²) in [5.74, 6) is 0.0455. The van der Waals surface area contributed by atoms with Crippen molar-refractivity contribution in [2.24, 2.45) is 0 Å². The second kappa shape index (κ2) is 4.58. The summed E-state index contributed by atoms with van der Waals surface area (Å²) >= 11 is 0. The van der Waals surface area contributed by atoms with Crippen molar-refractivity contribution in [1.29, 1.82) is 0 Å². The molecule has 1 fully saturated rings. The van der Waals surface area contributed by atoms with Gasteiger partial charge in [0.05, 0.1) is 12.6 Å². The molecule has 1 heterocycles. The molecular weight excluding hydrogens is 168 g/mol. The molecular formula is C9H18N2O2. The lowest BCUT2D eigenvalue weighted by Gasteiger charge is -2.15. The lowest BCUT2D eigenvalue weighted by molar-refractivity contribution is -0.122. The first kappa shape index (κ1) is 10.5. The zero-order valence-corrected chi connectivity index (χ0v) is 8.29. The number of carbonyl (C=O) groups is 1. The number of hydrogen-bond donors (Lipinski definition) is 2. The van der Waals surface area contributed by atoms with E-state index in [0.29, 0.717) is 13.1 Å². The van der Waals surface area contributed by atoms with Gasteiger partial charge in [0.15, 0.2) is 0 Å². The summed E-state index contributed by atoms with van der Waals surface area (Å²) < 4.78 is 0. The van der Waals surface area contributed by atoms with Crippen LogP contribution in [0, 0.1) is 0 Å². The van der Waals surface area contributed by atoms with Gasteiger partial charge in [-0.3, -0.25) is 9.69 Å². The third-order valence-electron chi connectivity index (χ3n) is 2.06. The molecule has 2 N–H and O–H groups in total. The molecule has 13 heavy (non-hydrogen) atoms. The Bertz CT molecular complexity index is 182. The van der Waals surface area contributed by atoms with Crippen LogP contribution in [0.3, 0.4) is 0 Å². The minimum atomic E-state index is -0.244. The molecule has 0 saturated carbocycles. The predicted molar refractivity (Wildman–Crippen MR) is 50.3 cm³/mol. The number of rotatable bonds is 3. The number of β-amino-alcohol motifs (C(OH)–C–C–N with tert-alkyl or cyclic N) is 1. The molecule has 0 bridgehead atoms. The van der Waals surface area contributed by atoms with Crippen molar-refractivity contribution in [2.45, 2.75) is 32.4 Å². The summed E-state index contributed by atoms with van der Waals surface area (Å²) in [5.41, 5.74) is 0. The number of likely N-dealkylation sites (tertiary alicyclic amines) is 1. The lowest BCUT2D eigenvalue weighted by Crippen LogP contribution is -2.39. The average molecular weight is 186 g/mol. The first-order chi connectivity index (χ1) is 6.08. The number of amides is 1. The van der Waals surface area contributed by atoms with Gasteiger partial charge in [-0.2, -0.15) is 0 Å². The number of nitrogens with zero attached hydrogens (tertiary/aromatic N) is 1. The maximum atomic E-state index is 11.3. The molecule has 0 aromatic carbocycles. The van der Waals surface area contributed by atoms with Crippen molar-refractivity contribution in [1.82, 2.24) is 10.2 Å². The highest BCUT2D eigenvalue weighted by Gasteiger charge is 2.21. The molecule has 0 radical (unpaired) electrons. The van der Waals surface area contributed by atoms with Crippen molar-refractivity contribution >= 4 is 5.91 Å². The molecule has 1 aliphatic rings. The summed E-state index contributed by atoms with van der Waals surface area (Å²) in [6, 6.07) is 0.194. The summed E-state index contributed by atoms with van der Waals surface area (Å²) in [5, 5.41) is 12.0. The molecule has 0 unspecified atom stereocenters. The van der Waals surface area contributed by atoms with Gasteiger partial charge < -0.3 is 10.4 Å². The maximum absolute atomic E-state index is 11.3. The van der Waals surface area contributed by atoms with Crippen LogP contribution in [0.25, 0.3) is 0 Å². The second-order valence-corrected chi connectivity index (χ2v) is 3.90. The Morgan fingerprint density at radius 2 is 2.38 bits per heavy atom. The van der Waals surface area contributed by atoms with Crippen LogP contribution in [0.1, 0.15) is 20.3 Å². The van der Waals surface area contributed by atoms with Crippen molar-refractivity contribution in [3.05, 3.63) is 0 Å². The Kier molecular flexibility index (Phi) is 3.69. The van der Waals surface area contributed by atoms with Crippen LogP contribution < -0.4 is 5.32 Å². The Balaban J connectivity index is 2.21. The molecule has 1 amide bonds. The van der Waals surface area contributed by atoms with Crippen LogP contribution in [0.2, 0.25) is 0 Å². The Hall–Kier alpha value is -0.610. The van der Waals surface area contributed by atoms with Gasteiger partial charge in [-0.1, -0.05) is 0 Å². The smallest absolute Gasteiger partial charge is 0.234 e. The van der Waals surface area contributed by atoms with E-state index in [-0.39, 0.29) is 18.1 Å². The van der Waals surface area contributed by atoms with Crippen molar-refractivity contribution in [3.63, 3.8) is 0 Å². The first-order valence-corrected chi connectivity index (χ1v) is 4.77. The summed E-state index contributed by atoms with van der Waals surface area (Å²) in [6.07, 6.45) is 0.543. The van der Waals surface area contributed by atoms with E-state index in [1.807, 2.05) is 18.7 Å². The third-order valence-corrected chi connectivity index (χ3v) is 2.06. The van der Waals surface area contributed by atoms with Crippen LogP contribution in [-0.4, -0.2) is 47.7 Å². The molecule has 1 atom stereocenters. The van der Waals surface area contributed by atoms with E-state index in [2.05, 4.69) is 5.32 Å². The van der Waals surface area contributed by atoms with E-state index in [4.69, 9.17) is 0 Å². The Morgan fingerprint density at radius 1 is 1.69 bits per heavy atom. The zero-order chi connectivity index (χ0) is 9.84. The van der Waals surface area contributed by atoms with E-state index in [9.17, 15) is 9.90 Å². The fourth-order valence-corrected chi connectivity index (χ4v) is 1.53. The second-order valence-electron chi connectivity index (χ2n) is 3.90. The largest absolute Gasteiger partial charge is 0.392 e. The van der Waals surface area contributed by atoms with E-state index < -0.39 is 0 Å². The Morgan fingerprint density at radius 3 is 2.85 bits per heavy atom. The normalized spacial score (nSPS) is 23.8. The minimum absolute atomic E-state index is 0.0455. The first-order valence-electron chi connectivity index (χ1n) is 4.77. The summed E-state index contributed by atoms with van der Waals surface area (Å²) in [7, 11) is 0. The van der Waals surface area contributed by atoms with Gasteiger partial charge in [0.1, 0.15) is 0 Å². The van der Waals surface area contributed by atoms with Crippen LogP contribution in [0.4, 0.5) is 0 Å². The minimum Gasteiger partial charge on any atom is -0.392 e. The quantitative estimate of drug-likeness (QED) is 0.629. The number of aliphatic hydroxyl groups excluding tert-OH is 1. The zero-order valence-electron chi connectivity index (χ0n) is 8.29. The van der Waals surface area contributed by atoms with Crippen LogP contribution in [0.5, 0.6) is 0 Å². The molecule has 0 spiro atoms. The van der Waals surface area contributed by atoms with E-state index in [0.717, 1.165) is 13.0 Å². The fourth-order valence-electron chi connectivity index (χ4n) is 1.53. The van der Waals surface area contributed by atoms with Gasteiger partial charge in [-0.05, 0) is 20.3 Å². The average Bonchev–Trinajstić information content (AvgIpc) is 2.33. The van der Waals surface area contributed by atoms with Crippen molar-refractivity contribution in [2.75, 3.05) is 19.6 Å². The van der Waals surface area contributed by atoms with Gasteiger partial charge in [0.2, 0.25) is 5.91 Å². The molecule has 4 heteroatoms. The summed E-state index contributed by atoms with van der Waals surface area (Å²) in [6.45, 7) is 5.75. The summed E-state index contributed by atoms with van der Waals surface area (Å²) in [4.78, 5) is 13.3. The number of nitrogens with one attached hydrogen (secondary N) is 1. The Labute approximate surface area is 78.9 Å². The molecule has 1 saturated heterocycles. The standard InChI is InChI=1S/C9H18N2O2/c1-7(2)10-9(13)6-11-4-3-8(12)5-11/h7-8,12H,3-6H2,1-2H3,(H,10,13)/t8-/m0/s1. The maximum Gasteiger partial charge on any atom is 0.234 e. The highest BCUT2D eigenvalue weighted by molar-refractivity contribution is 5.78. The topological polar surface area (TPSA) is 52.6 Å². The van der Waals surface area contributed by atoms with E-state index in [1.165, 1.54) is 0 Å². The SMILES string of the molecule is CC(C)NC(=O)CN1CC[C@H](O)C1. The van der Waals surface area contributed by atoms with E-state index >= 15 is 0 Å². The van der Waals surface area contributed by atoms with Gasteiger partial charge >= 0.3 is 0 Å². The molecule has 0 aliphatic carbocycles. The lowest BCUT2D eigenvalue weighted by atomic mass is 10.3. The number of carbonyl (C=O) groups excluding carboxylic acids is 1. The van der Waals surface area contributed by atoms with E-state index in [1.54, 1.807) is 0 Å². The molecule has 1 rings (SSSR count). The van der Waals surface area contributed by atoms with Gasteiger partial charge in [0, 0.05) is 19.1 Å². The monoisotopic (exact) mass is 186 g/mol. The number of hydrogen-bond acceptors (Lipinski definition) is 3. The number of aliphatic hydroxyl groups is 1. The molecule has 0 aromatic heterocycles. The third kappa shape index (κ3) is 3.74. The highest BCUT2D eigenvalue weighted by atomic mass is 16.3. The molecule has 1 aliphatic heterocycles. The van der Waals surface area contributed by atoms with Gasteiger partial charge in [0.25, 0.3) is 0 Å². The van der Waals surface area contributed by atoms with Crippen LogP contribution in [-0.2, 0) is 4.79 Å². The van der Waals surface area contributed by atoms with Crippen molar-refractivity contribution < 1.29 is 9.90 Å². The molecule has 0 aromatic rings. The van der Waals surface area contributed by atoms with Crippen molar-refractivity contribution in [3.8, 4) is 0 Å². The van der Waals surface area contributed by atoms with Crippen LogP contribution >= 0.6 is 0 Å². The highest BCUT2D eigenvalue weighted by Crippen LogP contribution is 2.07. The molecule has 4 nitrogen and oxygen atoms in total. The van der Waals surface area contributed by atoms with Gasteiger partial charge in [-0.15, -0.1) is 0 Å². The molecule has 76 valence electrons. The van der Waals surface area contributed by atoms with Gasteiger partial charge in [-0.25, -0.2) is 0 Å². The predicted octanol–water partition coefficient (Wildman–Crippen LogP) is -0.422. The fraction of sp³-hybridized carbons (Fsp3) is 0.889. The van der Waals surface area contributed by atoms with Crippen LogP contribution in [0.15, 0.2) is 0 Å².